The van der Waals surface area contributed by atoms with E-state index in [1.807, 2.05) is 24.3 Å². The maximum absolute atomic E-state index is 10.3. The molecule has 0 aliphatic heterocycles. The van der Waals surface area contributed by atoms with Gasteiger partial charge >= 0.3 is 5.97 Å². The minimum absolute atomic E-state index is 0.668. The van der Waals surface area contributed by atoms with E-state index in [0.29, 0.717) is 0 Å². The molecule has 0 rings (SSSR count). The molecule has 3 nitrogen and oxygen atoms in total. The first-order chi connectivity index (χ1) is 11.2. The average molecular weight is 318 g/mol. The van der Waals surface area contributed by atoms with E-state index in [9.17, 15) is 4.79 Å². The Morgan fingerprint density at radius 3 is 1.87 bits per heavy atom. The van der Waals surface area contributed by atoms with Crippen LogP contribution in [-0.4, -0.2) is 16.2 Å². The van der Waals surface area contributed by atoms with E-state index in [1.165, 1.54) is 51.0 Å². The van der Waals surface area contributed by atoms with Crippen LogP contribution in [0.3, 0.4) is 0 Å². The van der Waals surface area contributed by atoms with Gasteiger partial charge in [0.15, 0.2) is 0 Å². The zero-order valence-corrected chi connectivity index (χ0v) is 14.2. The molecule has 0 radical (unpaired) electrons. The highest BCUT2D eigenvalue weighted by molar-refractivity contribution is 5.83. The number of allylic oxidation sites excluding steroid dienone is 9. The van der Waals surface area contributed by atoms with Gasteiger partial charge in [0, 0.05) is 0 Å². The van der Waals surface area contributed by atoms with Gasteiger partial charge in [-0.25, -0.2) is 4.79 Å². The number of unbranched alkanes of at least 4 members (excludes halogenated alkanes) is 7. The highest BCUT2D eigenvalue weighted by Crippen LogP contribution is 2.08. The van der Waals surface area contributed by atoms with Crippen molar-refractivity contribution in [3.8, 4) is 0 Å². The molecule has 0 unspecified atom stereocenters. The van der Waals surface area contributed by atoms with Gasteiger partial charge in [0.1, 0.15) is 0 Å². The number of carboxylic acid groups (broad SMARTS) is 1. The summed E-state index contributed by atoms with van der Waals surface area (Å²) < 4.78 is 0. The third kappa shape index (κ3) is 16.2. The van der Waals surface area contributed by atoms with Crippen LogP contribution >= 0.6 is 0 Å². The van der Waals surface area contributed by atoms with Gasteiger partial charge in [-0.2, -0.15) is 0 Å². The Morgan fingerprint density at radius 1 is 0.739 bits per heavy atom. The first-order valence-electron chi connectivity index (χ1n) is 8.47. The number of rotatable bonds is 13. The van der Waals surface area contributed by atoms with Crippen molar-refractivity contribution in [2.45, 2.75) is 58.3 Å². The maximum atomic E-state index is 10.3. The molecule has 0 saturated carbocycles. The molecule has 128 valence electrons. The van der Waals surface area contributed by atoms with E-state index in [1.54, 1.807) is 12.2 Å². The summed E-state index contributed by atoms with van der Waals surface area (Å²) in [5.41, 5.74) is 0. The second kappa shape index (κ2) is 16.3. The Kier molecular flexibility index (Phi) is 14.9. The van der Waals surface area contributed by atoms with Gasteiger partial charge in [-0.1, -0.05) is 94.1 Å². The molecule has 2 N–H and O–H groups in total. The van der Waals surface area contributed by atoms with Gasteiger partial charge in [-0.05, 0) is 18.9 Å². The molecule has 0 amide bonds. The number of aliphatic carboxylic acids is 1. The van der Waals surface area contributed by atoms with Crippen molar-refractivity contribution in [2.75, 3.05) is 0 Å². The molecular formula is C20H30O3. The van der Waals surface area contributed by atoms with Crippen LogP contribution in [0.15, 0.2) is 60.4 Å². The number of aliphatic hydroxyl groups is 1. The molecule has 0 spiro atoms. The van der Waals surface area contributed by atoms with Crippen molar-refractivity contribution >= 4 is 5.97 Å². The molecule has 0 bridgehead atoms. The molecule has 0 aromatic carbocycles. The van der Waals surface area contributed by atoms with Crippen LogP contribution in [0.25, 0.3) is 0 Å². The number of carboxylic acids is 1. The molecule has 23 heavy (non-hydrogen) atoms. The van der Waals surface area contributed by atoms with Crippen molar-refractivity contribution in [1.82, 2.24) is 0 Å². The highest BCUT2D eigenvalue weighted by atomic mass is 16.4. The number of hydrogen-bond acceptors (Lipinski definition) is 2. The topological polar surface area (TPSA) is 57.5 Å². The highest BCUT2D eigenvalue weighted by Gasteiger charge is 1.99. The zero-order chi connectivity index (χ0) is 17.2. The van der Waals surface area contributed by atoms with Crippen molar-refractivity contribution in [2.24, 2.45) is 0 Å². The van der Waals surface area contributed by atoms with Crippen molar-refractivity contribution in [3.05, 3.63) is 60.4 Å². The number of carbonyl (C=O) groups is 1. The van der Waals surface area contributed by atoms with Crippen LogP contribution in [-0.2, 0) is 4.79 Å². The predicted molar refractivity (Wildman–Crippen MR) is 97.5 cm³/mol. The smallest absolute Gasteiger partial charge is 0.370 e. The van der Waals surface area contributed by atoms with E-state index in [0.717, 1.165) is 12.5 Å². The van der Waals surface area contributed by atoms with Crippen LogP contribution in [0.2, 0.25) is 0 Å². The lowest BCUT2D eigenvalue weighted by molar-refractivity contribution is -0.135. The standard InChI is InChI=1S/C20H30O3/c1-2-3-4-5-6-7-8-9-10-11-12-13-14-15-16-17-18-19(21)20(22)23/h10-18,21H,2-9H2,1H3,(H,22,23)/b11-10-,13-12-,15-14-,17-16-,19-18-. The lowest BCUT2D eigenvalue weighted by Crippen LogP contribution is -1.97. The van der Waals surface area contributed by atoms with Crippen LogP contribution in [0.5, 0.6) is 0 Å². The molecule has 0 atom stereocenters. The molecule has 0 aliphatic rings. The molecule has 0 heterocycles. The molecule has 0 aliphatic carbocycles. The summed E-state index contributed by atoms with van der Waals surface area (Å²) in [4.78, 5) is 10.3. The Balaban J connectivity index is 3.62. The van der Waals surface area contributed by atoms with Gasteiger partial charge in [0.2, 0.25) is 5.76 Å². The summed E-state index contributed by atoms with van der Waals surface area (Å²) in [6.45, 7) is 2.24. The predicted octanol–water partition coefficient (Wildman–Crippen LogP) is 5.88. The van der Waals surface area contributed by atoms with E-state index < -0.39 is 11.7 Å². The summed E-state index contributed by atoms with van der Waals surface area (Å²) in [7, 11) is 0. The normalized spacial score (nSPS) is 13.2. The molecule has 0 aromatic rings. The van der Waals surface area contributed by atoms with Crippen LogP contribution in [0, 0.1) is 0 Å². The second-order valence-corrected chi connectivity index (χ2v) is 5.35. The quantitative estimate of drug-likeness (QED) is 0.193. The van der Waals surface area contributed by atoms with E-state index in [4.69, 9.17) is 10.2 Å². The van der Waals surface area contributed by atoms with Crippen molar-refractivity contribution in [1.29, 1.82) is 0 Å². The SMILES string of the molecule is CCCCCCCCC\C=C/C=C\C=C/C=C\C=C(/O)C(=O)O. The molecular weight excluding hydrogens is 288 g/mol. The summed E-state index contributed by atoms with van der Waals surface area (Å²) in [5, 5.41) is 17.3. The van der Waals surface area contributed by atoms with Gasteiger partial charge in [0.25, 0.3) is 0 Å². The Labute approximate surface area is 140 Å². The van der Waals surface area contributed by atoms with E-state index >= 15 is 0 Å². The average Bonchev–Trinajstić information content (AvgIpc) is 2.54. The lowest BCUT2D eigenvalue weighted by atomic mass is 10.1. The Bertz CT molecular complexity index is 440. The van der Waals surface area contributed by atoms with Crippen LogP contribution in [0.1, 0.15) is 58.3 Å². The zero-order valence-electron chi connectivity index (χ0n) is 14.2. The summed E-state index contributed by atoms with van der Waals surface area (Å²) in [6, 6.07) is 0. The van der Waals surface area contributed by atoms with Gasteiger partial charge in [0.05, 0.1) is 0 Å². The maximum Gasteiger partial charge on any atom is 0.370 e. The first kappa shape index (κ1) is 21.0. The third-order valence-corrected chi connectivity index (χ3v) is 3.25. The second-order valence-electron chi connectivity index (χ2n) is 5.35. The van der Waals surface area contributed by atoms with Gasteiger partial charge in [-0.3, -0.25) is 0 Å². The fourth-order valence-corrected chi connectivity index (χ4v) is 1.93. The fourth-order valence-electron chi connectivity index (χ4n) is 1.93. The van der Waals surface area contributed by atoms with Crippen molar-refractivity contribution < 1.29 is 15.0 Å². The van der Waals surface area contributed by atoms with Gasteiger partial charge < -0.3 is 10.2 Å². The largest absolute Gasteiger partial charge is 0.502 e. The minimum Gasteiger partial charge on any atom is -0.502 e. The monoisotopic (exact) mass is 318 g/mol. The van der Waals surface area contributed by atoms with Crippen LogP contribution < -0.4 is 0 Å². The van der Waals surface area contributed by atoms with E-state index in [-0.39, 0.29) is 0 Å². The first-order valence-corrected chi connectivity index (χ1v) is 8.47. The summed E-state index contributed by atoms with van der Waals surface area (Å²) in [5.74, 6) is -2.00. The summed E-state index contributed by atoms with van der Waals surface area (Å²) in [6.07, 6.45) is 26.5. The minimum atomic E-state index is -1.33. The number of hydrogen-bond donors (Lipinski definition) is 2. The third-order valence-electron chi connectivity index (χ3n) is 3.25. The Hall–Kier alpha value is -2.03. The molecule has 0 aromatic heterocycles. The molecule has 0 fully saturated rings. The van der Waals surface area contributed by atoms with Gasteiger partial charge in [-0.15, -0.1) is 0 Å². The summed E-state index contributed by atoms with van der Waals surface area (Å²) >= 11 is 0. The van der Waals surface area contributed by atoms with Crippen LogP contribution in [0.4, 0.5) is 0 Å². The van der Waals surface area contributed by atoms with E-state index in [2.05, 4.69) is 13.0 Å². The molecule has 3 heteroatoms. The molecule has 0 saturated heterocycles. The fraction of sp³-hybridized carbons (Fsp3) is 0.450. The Morgan fingerprint density at radius 2 is 1.26 bits per heavy atom. The lowest BCUT2D eigenvalue weighted by Gasteiger charge is -1.98. The number of aliphatic hydroxyl groups excluding tert-OH is 1. The van der Waals surface area contributed by atoms with Crippen molar-refractivity contribution in [3.63, 3.8) is 0 Å².